The molecular weight excluding hydrogens is 184 g/mol. The lowest BCUT2D eigenvalue weighted by molar-refractivity contribution is 0.243. The Kier molecular flexibility index (Phi) is 3.27. The van der Waals surface area contributed by atoms with E-state index in [0.717, 1.165) is 30.6 Å². The normalized spacial score (nSPS) is 24.9. The van der Waals surface area contributed by atoms with Gasteiger partial charge in [-0.3, -0.25) is 0 Å². The molecule has 1 aromatic carbocycles. The van der Waals surface area contributed by atoms with E-state index in [-0.39, 0.29) is 0 Å². The molecule has 0 aromatic heterocycles. The van der Waals surface area contributed by atoms with Gasteiger partial charge >= 0.3 is 0 Å². The van der Waals surface area contributed by atoms with E-state index in [1.165, 1.54) is 18.4 Å². The van der Waals surface area contributed by atoms with Gasteiger partial charge in [-0.05, 0) is 49.4 Å². The Morgan fingerprint density at radius 3 is 2.53 bits per heavy atom. The van der Waals surface area contributed by atoms with Crippen molar-refractivity contribution in [2.45, 2.75) is 32.2 Å². The molecule has 1 aliphatic rings. The average Bonchev–Trinajstić information content (AvgIpc) is 2.18. The van der Waals surface area contributed by atoms with Gasteiger partial charge in [0.1, 0.15) is 0 Å². The zero-order valence-corrected chi connectivity index (χ0v) is 9.37. The maximum atomic E-state index is 5.63. The summed E-state index contributed by atoms with van der Waals surface area (Å²) < 4.78 is 0. The molecule has 2 heteroatoms. The highest BCUT2D eigenvalue weighted by atomic mass is 14.9. The summed E-state index contributed by atoms with van der Waals surface area (Å²) in [6.45, 7) is 3.40. The van der Waals surface area contributed by atoms with Crippen LogP contribution in [0, 0.1) is 5.92 Å². The van der Waals surface area contributed by atoms with Crippen LogP contribution in [0.2, 0.25) is 0 Å². The molecule has 2 rings (SSSR count). The first kappa shape index (κ1) is 10.5. The SMILES string of the molecule is CC1CC(NCCc2ccc(N)cc2)C1. The fourth-order valence-electron chi connectivity index (χ4n) is 2.17. The number of anilines is 1. The van der Waals surface area contributed by atoms with E-state index in [4.69, 9.17) is 5.73 Å². The van der Waals surface area contributed by atoms with E-state index in [0.29, 0.717) is 0 Å². The number of hydrogen-bond acceptors (Lipinski definition) is 2. The molecule has 82 valence electrons. The number of hydrogen-bond donors (Lipinski definition) is 2. The Labute approximate surface area is 91.9 Å². The molecular formula is C13H20N2. The van der Waals surface area contributed by atoms with Crippen LogP contribution in [0.1, 0.15) is 25.3 Å². The molecule has 1 fully saturated rings. The van der Waals surface area contributed by atoms with Crippen LogP contribution < -0.4 is 11.1 Å². The molecule has 0 amide bonds. The predicted octanol–water partition coefficient (Wildman–Crippen LogP) is 2.20. The highest BCUT2D eigenvalue weighted by molar-refractivity contribution is 5.39. The van der Waals surface area contributed by atoms with Crippen LogP contribution in [0.5, 0.6) is 0 Å². The van der Waals surface area contributed by atoms with Gasteiger partial charge in [-0.2, -0.15) is 0 Å². The Morgan fingerprint density at radius 1 is 1.27 bits per heavy atom. The zero-order chi connectivity index (χ0) is 10.7. The monoisotopic (exact) mass is 204 g/mol. The summed E-state index contributed by atoms with van der Waals surface area (Å²) in [5.74, 6) is 0.930. The summed E-state index contributed by atoms with van der Waals surface area (Å²) in [4.78, 5) is 0. The van der Waals surface area contributed by atoms with E-state index in [2.05, 4.69) is 24.4 Å². The van der Waals surface area contributed by atoms with Gasteiger partial charge in [0.15, 0.2) is 0 Å². The summed E-state index contributed by atoms with van der Waals surface area (Å²) in [5, 5.41) is 3.58. The Balaban J connectivity index is 1.67. The maximum absolute atomic E-state index is 5.63. The second-order valence-electron chi connectivity index (χ2n) is 4.72. The number of nitrogen functional groups attached to an aromatic ring is 1. The van der Waals surface area contributed by atoms with Crippen LogP contribution in [-0.4, -0.2) is 12.6 Å². The number of rotatable bonds is 4. The van der Waals surface area contributed by atoms with E-state index in [1.807, 2.05) is 12.1 Å². The van der Waals surface area contributed by atoms with Crippen molar-refractivity contribution < 1.29 is 0 Å². The second-order valence-corrected chi connectivity index (χ2v) is 4.72. The molecule has 1 aromatic rings. The first-order valence-corrected chi connectivity index (χ1v) is 5.82. The van der Waals surface area contributed by atoms with E-state index in [1.54, 1.807) is 0 Å². The lowest BCUT2D eigenvalue weighted by atomic mass is 9.82. The fourth-order valence-corrected chi connectivity index (χ4v) is 2.17. The third-order valence-corrected chi connectivity index (χ3v) is 3.20. The van der Waals surface area contributed by atoms with Gasteiger partial charge in [0, 0.05) is 11.7 Å². The molecule has 15 heavy (non-hydrogen) atoms. The largest absolute Gasteiger partial charge is 0.399 e. The summed E-state index contributed by atoms with van der Waals surface area (Å²) in [6, 6.07) is 8.94. The minimum atomic E-state index is 0.772. The van der Waals surface area contributed by atoms with Crippen molar-refractivity contribution in [3.05, 3.63) is 29.8 Å². The van der Waals surface area contributed by atoms with Gasteiger partial charge in [0.2, 0.25) is 0 Å². The van der Waals surface area contributed by atoms with Gasteiger partial charge in [0.25, 0.3) is 0 Å². The van der Waals surface area contributed by atoms with Crippen LogP contribution >= 0.6 is 0 Å². The Bertz CT molecular complexity index is 299. The number of nitrogens with one attached hydrogen (secondary N) is 1. The van der Waals surface area contributed by atoms with E-state index in [9.17, 15) is 0 Å². The molecule has 1 saturated carbocycles. The summed E-state index contributed by atoms with van der Waals surface area (Å²) in [6.07, 6.45) is 3.80. The van der Waals surface area contributed by atoms with Gasteiger partial charge < -0.3 is 11.1 Å². The van der Waals surface area contributed by atoms with Gasteiger partial charge in [-0.25, -0.2) is 0 Å². The third-order valence-electron chi connectivity index (χ3n) is 3.20. The van der Waals surface area contributed by atoms with Crippen molar-refractivity contribution in [1.82, 2.24) is 5.32 Å². The van der Waals surface area contributed by atoms with Gasteiger partial charge in [-0.1, -0.05) is 19.1 Å². The molecule has 0 bridgehead atoms. The molecule has 0 unspecified atom stereocenters. The first-order valence-electron chi connectivity index (χ1n) is 5.82. The number of benzene rings is 1. The molecule has 1 aliphatic carbocycles. The van der Waals surface area contributed by atoms with Crippen molar-refractivity contribution in [2.75, 3.05) is 12.3 Å². The van der Waals surface area contributed by atoms with E-state index >= 15 is 0 Å². The molecule has 0 saturated heterocycles. The molecule has 3 N–H and O–H groups in total. The number of nitrogens with two attached hydrogens (primary N) is 1. The standard InChI is InChI=1S/C13H20N2/c1-10-8-13(9-10)15-7-6-11-2-4-12(14)5-3-11/h2-5,10,13,15H,6-9,14H2,1H3. The van der Waals surface area contributed by atoms with Crippen molar-refractivity contribution >= 4 is 5.69 Å². The molecule has 0 heterocycles. The predicted molar refractivity (Wildman–Crippen MR) is 64.7 cm³/mol. The van der Waals surface area contributed by atoms with Crippen molar-refractivity contribution in [3.8, 4) is 0 Å². The van der Waals surface area contributed by atoms with Crippen LogP contribution in [0.15, 0.2) is 24.3 Å². The lowest BCUT2D eigenvalue weighted by Gasteiger charge is -2.33. The second kappa shape index (κ2) is 4.67. The smallest absolute Gasteiger partial charge is 0.0314 e. The quantitative estimate of drug-likeness (QED) is 0.738. The lowest BCUT2D eigenvalue weighted by Crippen LogP contribution is -2.40. The molecule has 0 radical (unpaired) electrons. The maximum Gasteiger partial charge on any atom is 0.0314 e. The molecule has 0 atom stereocenters. The van der Waals surface area contributed by atoms with Crippen molar-refractivity contribution in [2.24, 2.45) is 5.92 Å². The van der Waals surface area contributed by atoms with Crippen molar-refractivity contribution in [3.63, 3.8) is 0 Å². The minimum absolute atomic E-state index is 0.772. The highest BCUT2D eigenvalue weighted by Crippen LogP contribution is 2.25. The minimum Gasteiger partial charge on any atom is -0.399 e. The highest BCUT2D eigenvalue weighted by Gasteiger charge is 2.23. The van der Waals surface area contributed by atoms with E-state index < -0.39 is 0 Å². The van der Waals surface area contributed by atoms with Crippen LogP contribution in [0.4, 0.5) is 5.69 Å². The van der Waals surface area contributed by atoms with Gasteiger partial charge in [0.05, 0.1) is 0 Å². The van der Waals surface area contributed by atoms with Crippen LogP contribution in [0.25, 0.3) is 0 Å². The first-order chi connectivity index (χ1) is 7.24. The summed E-state index contributed by atoms with van der Waals surface area (Å²) >= 11 is 0. The van der Waals surface area contributed by atoms with Crippen molar-refractivity contribution in [1.29, 1.82) is 0 Å². The average molecular weight is 204 g/mol. The molecule has 2 nitrogen and oxygen atoms in total. The third kappa shape index (κ3) is 2.96. The Hall–Kier alpha value is -1.02. The zero-order valence-electron chi connectivity index (χ0n) is 9.37. The fraction of sp³-hybridized carbons (Fsp3) is 0.538. The molecule has 0 aliphatic heterocycles. The van der Waals surface area contributed by atoms with Gasteiger partial charge in [-0.15, -0.1) is 0 Å². The summed E-state index contributed by atoms with van der Waals surface area (Å²) in [7, 11) is 0. The molecule has 0 spiro atoms. The Morgan fingerprint density at radius 2 is 1.93 bits per heavy atom. The van der Waals surface area contributed by atoms with Crippen LogP contribution in [-0.2, 0) is 6.42 Å². The topological polar surface area (TPSA) is 38.0 Å². The van der Waals surface area contributed by atoms with Crippen LogP contribution in [0.3, 0.4) is 0 Å². The summed E-state index contributed by atoms with van der Waals surface area (Å²) in [5.41, 5.74) is 7.85.